The zero-order valence-corrected chi connectivity index (χ0v) is 15.5. The van der Waals surface area contributed by atoms with Crippen LogP contribution in [-0.4, -0.2) is 35.1 Å². The van der Waals surface area contributed by atoms with Crippen molar-refractivity contribution in [2.24, 2.45) is 0 Å². The maximum atomic E-state index is 12.8. The van der Waals surface area contributed by atoms with Gasteiger partial charge in [0.15, 0.2) is 0 Å². The Morgan fingerprint density at radius 1 is 1.33 bits per heavy atom. The van der Waals surface area contributed by atoms with E-state index in [1.165, 1.54) is 11.3 Å². The molecule has 3 nitrogen and oxygen atoms in total. The monoisotopic (exact) mass is 396 g/mol. The van der Waals surface area contributed by atoms with Crippen molar-refractivity contribution in [3.63, 3.8) is 0 Å². The van der Waals surface area contributed by atoms with Crippen LogP contribution in [0.1, 0.15) is 35.1 Å². The van der Waals surface area contributed by atoms with Gasteiger partial charge in [0.05, 0.1) is 14.9 Å². The number of unbranched alkanes of at least 4 members (excludes halogenated alkanes) is 1. The molecule has 2 rings (SSSR count). The average Bonchev–Trinajstić information content (AvgIpc) is 3.07. The van der Waals surface area contributed by atoms with Gasteiger partial charge in [0.25, 0.3) is 5.91 Å². The second-order valence-corrected chi connectivity index (χ2v) is 7.95. The molecular weight excluding hydrogens is 381 g/mol. The van der Waals surface area contributed by atoms with Gasteiger partial charge >= 0.3 is 6.18 Å². The molecule has 24 heavy (non-hydrogen) atoms. The summed E-state index contributed by atoms with van der Waals surface area (Å²) >= 11 is 8.31. The first-order valence-electron chi connectivity index (χ1n) is 7.30. The summed E-state index contributed by atoms with van der Waals surface area (Å²) in [6.07, 6.45) is -3.19. The average molecular weight is 397 g/mol. The van der Waals surface area contributed by atoms with Gasteiger partial charge in [0.1, 0.15) is 16.4 Å². The molecule has 2 aromatic rings. The van der Waals surface area contributed by atoms with Gasteiger partial charge in [-0.3, -0.25) is 4.79 Å². The van der Waals surface area contributed by atoms with Gasteiger partial charge in [-0.2, -0.15) is 13.2 Å². The first kappa shape index (κ1) is 19.2. The van der Waals surface area contributed by atoms with Crippen molar-refractivity contribution >= 4 is 40.2 Å². The molecule has 132 valence electrons. The molecule has 9 heteroatoms. The smallest absolute Gasteiger partial charge is 0.329 e. The van der Waals surface area contributed by atoms with Crippen molar-refractivity contribution in [3.05, 3.63) is 27.0 Å². The Labute approximate surface area is 151 Å². The van der Waals surface area contributed by atoms with E-state index in [9.17, 15) is 18.0 Å². The van der Waals surface area contributed by atoms with Crippen LogP contribution in [0.5, 0.6) is 0 Å². The van der Waals surface area contributed by atoms with Crippen LogP contribution in [0.4, 0.5) is 13.2 Å². The standard InChI is InChI=1S/C15H16ClF3N2OS2/c1-3-4-7-21(8-15(17,18)19)14(22)12-9(2)20-13(24-12)10-5-6-11(16)23-10/h5-6H,3-4,7-8H2,1-2H3. The topological polar surface area (TPSA) is 33.2 Å². The number of alkyl halides is 3. The minimum Gasteiger partial charge on any atom is -0.329 e. The van der Waals surface area contributed by atoms with Crippen molar-refractivity contribution in [2.75, 3.05) is 13.1 Å². The number of halogens is 4. The van der Waals surface area contributed by atoms with Crippen LogP contribution in [-0.2, 0) is 0 Å². The van der Waals surface area contributed by atoms with Crippen LogP contribution in [0.2, 0.25) is 4.34 Å². The van der Waals surface area contributed by atoms with Gasteiger partial charge in [-0.1, -0.05) is 24.9 Å². The number of carbonyl (C=O) groups excluding carboxylic acids is 1. The quantitative estimate of drug-likeness (QED) is 0.633. The molecule has 0 saturated heterocycles. The summed E-state index contributed by atoms with van der Waals surface area (Å²) < 4.78 is 38.9. The van der Waals surface area contributed by atoms with E-state index in [1.807, 2.05) is 6.92 Å². The van der Waals surface area contributed by atoms with E-state index in [0.29, 0.717) is 27.9 Å². The Balaban J connectivity index is 2.27. The van der Waals surface area contributed by atoms with Gasteiger partial charge in [0, 0.05) is 6.54 Å². The number of aromatic nitrogens is 1. The van der Waals surface area contributed by atoms with Crippen LogP contribution in [0.25, 0.3) is 9.88 Å². The summed E-state index contributed by atoms with van der Waals surface area (Å²) in [6.45, 7) is 2.33. The SMILES string of the molecule is CCCCN(CC(F)(F)F)C(=O)c1sc(-c2ccc(Cl)s2)nc1C. The molecule has 2 aromatic heterocycles. The highest BCUT2D eigenvalue weighted by Crippen LogP contribution is 2.35. The number of hydrogen-bond acceptors (Lipinski definition) is 4. The van der Waals surface area contributed by atoms with Crippen molar-refractivity contribution in [1.82, 2.24) is 9.88 Å². The number of aryl methyl sites for hydroxylation is 1. The first-order chi connectivity index (χ1) is 11.2. The van der Waals surface area contributed by atoms with E-state index in [1.54, 1.807) is 19.1 Å². The number of carbonyl (C=O) groups is 1. The molecule has 0 aliphatic heterocycles. The largest absolute Gasteiger partial charge is 0.406 e. The van der Waals surface area contributed by atoms with E-state index < -0.39 is 18.6 Å². The molecular formula is C15H16ClF3N2OS2. The summed E-state index contributed by atoms with van der Waals surface area (Å²) in [5.41, 5.74) is 0.438. The molecule has 0 atom stereocenters. The third-order valence-electron chi connectivity index (χ3n) is 3.21. The highest BCUT2D eigenvalue weighted by atomic mass is 35.5. The number of thiophene rings is 1. The summed E-state index contributed by atoms with van der Waals surface area (Å²) in [6, 6.07) is 3.50. The highest BCUT2D eigenvalue weighted by Gasteiger charge is 2.34. The Kier molecular flexibility index (Phi) is 6.28. The van der Waals surface area contributed by atoms with Crippen molar-refractivity contribution in [3.8, 4) is 9.88 Å². The van der Waals surface area contributed by atoms with Crippen LogP contribution >= 0.6 is 34.3 Å². The first-order valence-corrected chi connectivity index (χ1v) is 9.31. The number of hydrogen-bond donors (Lipinski definition) is 0. The highest BCUT2D eigenvalue weighted by molar-refractivity contribution is 7.24. The third kappa shape index (κ3) is 4.94. The molecule has 0 radical (unpaired) electrons. The van der Waals surface area contributed by atoms with E-state index in [0.717, 1.165) is 21.1 Å². The minimum absolute atomic E-state index is 0.0757. The summed E-state index contributed by atoms with van der Waals surface area (Å²) in [4.78, 5) is 18.8. The Bertz CT molecular complexity index is 712. The molecule has 0 spiro atoms. The van der Waals surface area contributed by atoms with Gasteiger partial charge in [0.2, 0.25) is 0 Å². The fourth-order valence-corrected chi connectivity index (χ4v) is 4.22. The fourth-order valence-electron chi connectivity index (χ4n) is 2.09. The Morgan fingerprint density at radius 2 is 2.04 bits per heavy atom. The van der Waals surface area contributed by atoms with Crippen LogP contribution < -0.4 is 0 Å². The molecule has 2 heterocycles. The molecule has 0 aliphatic rings. The second-order valence-electron chi connectivity index (χ2n) is 5.23. The van der Waals surface area contributed by atoms with E-state index in [2.05, 4.69) is 4.98 Å². The molecule has 0 unspecified atom stereocenters. The lowest BCUT2D eigenvalue weighted by atomic mass is 10.2. The van der Waals surface area contributed by atoms with Gasteiger partial charge in [-0.05, 0) is 25.5 Å². The molecule has 0 saturated carbocycles. The van der Waals surface area contributed by atoms with E-state index in [4.69, 9.17) is 11.6 Å². The maximum Gasteiger partial charge on any atom is 0.406 e. The molecule has 0 bridgehead atoms. The fraction of sp³-hybridized carbons (Fsp3) is 0.467. The number of thiazole rings is 1. The predicted octanol–water partition coefficient (Wildman–Crippen LogP) is 5.64. The Morgan fingerprint density at radius 3 is 2.58 bits per heavy atom. The van der Waals surface area contributed by atoms with Crippen LogP contribution in [0.3, 0.4) is 0 Å². The van der Waals surface area contributed by atoms with Crippen molar-refractivity contribution in [2.45, 2.75) is 32.9 Å². The summed E-state index contributed by atoms with van der Waals surface area (Å²) in [5, 5.41) is 0.593. The molecule has 1 amide bonds. The number of amides is 1. The zero-order valence-electron chi connectivity index (χ0n) is 13.1. The van der Waals surface area contributed by atoms with Gasteiger partial charge in [-0.15, -0.1) is 22.7 Å². The number of rotatable bonds is 6. The Hall–Kier alpha value is -1.12. The lowest BCUT2D eigenvalue weighted by molar-refractivity contribution is -0.140. The predicted molar refractivity (Wildman–Crippen MR) is 92.0 cm³/mol. The van der Waals surface area contributed by atoms with Gasteiger partial charge < -0.3 is 4.90 Å². The van der Waals surface area contributed by atoms with E-state index >= 15 is 0 Å². The molecule has 0 N–H and O–H groups in total. The van der Waals surface area contributed by atoms with Crippen LogP contribution in [0, 0.1) is 6.92 Å². The molecule has 0 aromatic carbocycles. The third-order valence-corrected chi connectivity index (χ3v) is 5.76. The van der Waals surface area contributed by atoms with Gasteiger partial charge in [-0.25, -0.2) is 4.98 Å². The van der Waals surface area contributed by atoms with Crippen LogP contribution in [0.15, 0.2) is 12.1 Å². The molecule has 0 fully saturated rings. The zero-order chi connectivity index (χ0) is 17.9. The summed E-state index contributed by atoms with van der Waals surface area (Å²) in [7, 11) is 0. The number of nitrogens with zero attached hydrogens (tertiary/aromatic N) is 2. The van der Waals surface area contributed by atoms with Crippen molar-refractivity contribution in [1.29, 1.82) is 0 Å². The van der Waals surface area contributed by atoms with E-state index in [-0.39, 0.29) is 11.4 Å². The minimum atomic E-state index is -4.42. The lowest BCUT2D eigenvalue weighted by Crippen LogP contribution is -2.39. The molecule has 0 aliphatic carbocycles. The lowest BCUT2D eigenvalue weighted by Gasteiger charge is -2.23. The van der Waals surface area contributed by atoms with Crippen molar-refractivity contribution < 1.29 is 18.0 Å². The summed E-state index contributed by atoms with van der Waals surface area (Å²) in [5.74, 6) is -0.621. The maximum absolute atomic E-state index is 12.8. The second kappa shape index (κ2) is 7.84. The normalized spacial score (nSPS) is 11.8.